The van der Waals surface area contributed by atoms with Crippen molar-refractivity contribution < 1.29 is 15.4 Å². The van der Waals surface area contributed by atoms with Crippen LogP contribution >= 0.6 is 0 Å². The molecule has 1 atom stereocenters. The van der Waals surface area contributed by atoms with Crippen molar-refractivity contribution in [2.75, 3.05) is 0 Å². The van der Waals surface area contributed by atoms with Gasteiger partial charge in [0.15, 0.2) is 12.4 Å². The molecule has 0 bridgehead atoms. The predicted molar refractivity (Wildman–Crippen MR) is 102 cm³/mol. The van der Waals surface area contributed by atoms with Gasteiger partial charge in [0.1, 0.15) is 11.1 Å². The number of pyridine rings is 2. The molecule has 0 N–H and O–H groups in total. The number of fused-ring (bicyclic) bond motifs is 10. The van der Waals surface area contributed by atoms with Crippen molar-refractivity contribution in [3.8, 4) is 22.5 Å². The van der Waals surface area contributed by atoms with Crippen molar-refractivity contribution in [3.05, 3.63) is 112 Å². The Morgan fingerprint density at radius 3 is 2.21 bits per heavy atom. The lowest BCUT2D eigenvalue weighted by molar-refractivity contribution is -0.955. The van der Waals surface area contributed by atoms with Crippen LogP contribution in [0.5, 0.6) is 0 Å². The highest BCUT2D eigenvalue weighted by molar-refractivity contribution is 5.74. The fraction of sp³-hybridized carbons (Fsp3) is 0.0435. The Balaban J connectivity index is 1.82. The fourth-order valence-electron chi connectivity index (χ4n) is 4.78. The summed E-state index contributed by atoms with van der Waals surface area (Å²) < 4.78 is 12.5. The molecule has 0 aliphatic carbocycles. The van der Waals surface area contributed by atoms with Crippen LogP contribution in [0.3, 0.4) is 0 Å². The van der Waals surface area contributed by atoms with Crippen LogP contribution in [0.1, 0.15) is 12.5 Å². The van der Waals surface area contributed by atoms with Gasteiger partial charge in [-0.25, -0.2) is 0 Å². The second-order valence-electron chi connectivity index (χ2n) is 7.04. The smallest absolute Gasteiger partial charge is 0.258 e. The molecule has 4 aromatic rings. The monoisotopic (exact) mass is 367 g/mol. The molecule has 6 rings (SSSR count). The molecule has 2 aromatic carbocycles. The van der Waals surface area contributed by atoms with Gasteiger partial charge in [0.2, 0.25) is 11.4 Å². The summed E-state index contributed by atoms with van der Waals surface area (Å²) in [5.41, 5.74) is 5.25. The minimum absolute atomic E-state index is 0.0780. The van der Waals surface area contributed by atoms with Gasteiger partial charge in [-0.1, -0.05) is 12.1 Å². The second-order valence-corrected chi connectivity index (χ2v) is 7.04. The Labute approximate surface area is 162 Å². The molecule has 2 aliphatic rings. The van der Waals surface area contributed by atoms with E-state index in [4.69, 9.17) is 1.37 Å². The molecule has 132 valence electrons. The minimum atomic E-state index is -0.680. The lowest BCUT2D eigenvalue weighted by Gasteiger charge is -2.16. The molecule has 2 aromatic heterocycles. The Hall–Kier alpha value is -3.86. The van der Waals surface area contributed by atoms with E-state index in [1.54, 1.807) is 18.2 Å². The van der Waals surface area contributed by atoms with Crippen molar-refractivity contribution in [2.45, 2.75) is 5.66 Å². The van der Waals surface area contributed by atoms with E-state index in [0.29, 0.717) is 6.04 Å². The Morgan fingerprint density at radius 2 is 1.50 bits per heavy atom. The van der Waals surface area contributed by atoms with Crippen LogP contribution in [0.4, 0.5) is 5.69 Å². The van der Waals surface area contributed by atoms with Crippen LogP contribution < -0.4 is 9.13 Å². The van der Waals surface area contributed by atoms with Crippen molar-refractivity contribution >= 4 is 5.69 Å². The van der Waals surface area contributed by atoms with Gasteiger partial charge >= 0.3 is 5.66 Å². The highest BCUT2D eigenvalue weighted by Gasteiger charge is 2.66. The molecule has 5 heteroatoms. The van der Waals surface area contributed by atoms with E-state index in [-0.39, 0.29) is 10.6 Å². The van der Waals surface area contributed by atoms with Gasteiger partial charge in [0, 0.05) is 36.4 Å². The number of non-ortho nitro benzene ring substituents is 1. The van der Waals surface area contributed by atoms with E-state index in [0.717, 1.165) is 33.6 Å². The number of nitro groups is 1. The minimum Gasteiger partial charge on any atom is -0.258 e. The van der Waals surface area contributed by atoms with E-state index in [1.807, 2.05) is 60.9 Å². The van der Waals surface area contributed by atoms with Crippen LogP contribution in [-0.2, 0) is 5.66 Å². The van der Waals surface area contributed by atoms with E-state index >= 15 is 0 Å². The van der Waals surface area contributed by atoms with Crippen LogP contribution in [0.15, 0.2) is 91.2 Å². The third kappa shape index (κ3) is 1.62. The van der Waals surface area contributed by atoms with Crippen molar-refractivity contribution in [1.82, 2.24) is 0 Å². The summed E-state index contributed by atoms with van der Waals surface area (Å²) in [6, 6.07) is 23.2. The SMILES string of the molecule is [3H]c1ccc2c(c1)-c1cccc[n+]1C21c2ccc([N+](=O)[O-])cc2-c2cccc[n+]21. The maximum Gasteiger partial charge on any atom is 0.417 e. The zero-order valence-electron chi connectivity index (χ0n) is 15.7. The summed E-state index contributed by atoms with van der Waals surface area (Å²) in [5.74, 6) is 0. The first kappa shape index (κ1) is 14.2. The molecular weight excluding hydrogens is 350 g/mol. The van der Waals surface area contributed by atoms with Crippen molar-refractivity contribution in [3.63, 3.8) is 0 Å². The summed E-state index contributed by atoms with van der Waals surface area (Å²) >= 11 is 0. The number of hydrogen-bond acceptors (Lipinski definition) is 2. The number of nitro benzene ring substituents is 1. The molecule has 0 saturated carbocycles. The van der Waals surface area contributed by atoms with Crippen LogP contribution in [0.2, 0.25) is 0 Å². The molecule has 0 saturated heterocycles. The molecule has 0 radical (unpaired) electrons. The lowest BCUT2D eigenvalue weighted by atomic mass is 9.89. The quantitative estimate of drug-likeness (QED) is 0.254. The molecule has 2 aliphatic heterocycles. The lowest BCUT2D eigenvalue weighted by Crippen LogP contribution is -2.71. The molecule has 4 heterocycles. The summed E-state index contributed by atoms with van der Waals surface area (Å²) in [7, 11) is 0. The van der Waals surface area contributed by atoms with Gasteiger partial charge < -0.3 is 0 Å². The number of benzene rings is 2. The summed E-state index contributed by atoms with van der Waals surface area (Å²) in [6.45, 7) is 0. The van der Waals surface area contributed by atoms with Gasteiger partial charge in [0.05, 0.1) is 17.4 Å². The Bertz CT molecular complexity index is 1370. The van der Waals surface area contributed by atoms with Gasteiger partial charge in [-0.3, -0.25) is 10.1 Å². The zero-order valence-corrected chi connectivity index (χ0v) is 14.7. The first-order valence-electron chi connectivity index (χ1n) is 9.55. The van der Waals surface area contributed by atoms with Crippen molar-refractivity contribution in [2.24, 2.45) is 0 Å². The van der Waals surface area contributed by atoms with Gasteiger partial charge in [-0.05, 0) is 30.3 Å². The van der Waals surface area contributed by atoms with E-state index in [9.17, 15) is 10.1 Å². The number of aromatic nitrogens is 2. The van der Waals surface area contributed by atoms with Crippen molar-refractivity contribution in [1.29, 1.82) is 0 Å². The van der Waals surface area contributed by atoms with Gasteiger partial charge in [0.25, 0.3) is 5.69 Å². The summed E-state index contributed by atoms with van der Waals surface area (Å²) in [5, 5.41) is 11.4. The number of rotatable bonds is 1. The molecule has 5 nitrogen and oxygen atoms in total. The maximum absolute atomic E-state index is 11.4. The molecule has 0 amide bonds. The molecular formula is C23H15N3O2+2. The largest absolute Gasteiger partial charge is 0.417 e. The van der Waals surface area contributed by atoms with Gasteiger partial charge in [-0.2, -0.15) is 0 Å². The second kappa shape index (κ2) is 5.10. The number of nitrogens with zero attached hydrogens (tertiary/aromatic N) is 3. The molecule has 0 fully saturated rings. The summed E-state index contributed by atoms with van der Waals surface area (Å²) in [4.78, 5) is 11.1. The maximum atomic E-state index is 11.4. The van der Waals surface area contributed by atoms with Crippen LogP contribution in [-0.4, -0.2) is 4.92 Å². The van der Waals surface area contributed by atoms with E-state index < -0.39 is 5.66 Å². The molecule has 1 spiro atoms. The zero-order chi connectivity index (χ0) is 19.8. The first-order valence-corrected chi connectivity index (χ1v) is 9.05. The van der Waals surface area contributed by atoms with Gasteiger partial charge in [-0.15, -0.1) is 9.13 Å². The Kier molecular flexibility index (Phi) is 2.59. The highest BCUT2D eigenvalue weighted by Crippen LogP contribution is 2.47. The normalized spacial score (nSPS) is 18.2. The third-order valence-corrected chi connectivity index (χ3v) is 5.80. The standard InChI is InChI=1S/C23H15N3O2/c27-26(28)16-11-12-20-18(15-16)22-10-4-6-14-25(22)23(20)19-8-2-1-7-17(19)21-9-3-5-13-24(21)23/h1-15H/q+2/i1T. The molecule has 28 heavy (non-hydrogen) atoms. The number of hydrogen-bond donors (Lipinski definition) is 0. The average Bonchev–Trinajstić information content (AvgIpc) is 3.20. The topological polar surface area (TPSA) is 50.9 Å². The van der Waals surface area contributed by atoms with E-state index in [1.165, 1.54) is 0 Å². The van der Waals surface area contributed by atoms with Crippen LogP contribution in [0, 0.1) is 10.1 Å². The Morgan fingerprint density at radius 1 is 0.821 bits per heavy atom. The third-order valence-electron chi connectivity index (χ3n) is 5.80. The first-order chi connectivity index (χ1) is 14.1. The highest BCUT2D eigenvalue weighted by atomic mass is 16.6. The molecule has 1 unspecified atom stereocenters. The predicted octanol–water partition coefficient (Wildman–Crippen LogP) is 3.43. The average molecular weight is 367 g/mol. The fourth-order valence-corrected chi connectivity index (χ4v) is 4.78. The summed E-state index contributed by atoms with van der Waals surface area (Å²) in [6.07, 6.45) is 4.06. The van der Waals surface area contributed by atoms with Crippen LogP contribution in [0.25, 0.3) is 22.5 Å². The van der Waals surface area contributed by atoms with E-state index in [2.05, 4.69) is 15.2 Å².